The number of aromatic nitrogens is 2. The molecule has 0 aromatic carbocycles. The third kappa shape index (κ3) is 1.20. The van der Waals surface area contributed by atoms with Crippen molar-refractivity contribution in [2.45, 2.75) is 29.8 Å². The molecule has 9 heteroatoms. The smallest absolute Gasteiger partial charge is 0.352 e. The summed E-state index contributed by atoms with van der Waals surface area (Å²) in [7, 11) is 0. The molecule has 0 spiro atoms. The van der Waals surface area contributed by atoms with Gasteiger partial charge in [-0.2, -0.15) is 4.98 Å². The van der Waals surface area contributed by atoms with Crippen molar-refractivity contribution in [2.24, 2.45) is 0 Å². The summed E-state index contributed by atoms with van der Waals surface area (Å²) in [6, 6.07) is 1.18. The van der Waals surface area contributed by atoms with E-state index < -0.39 is 42.1 Å². The average Bonchev–Trinajstić information content (AvgIpc) is 2.72. The quantitative estimate of drug-likeness (QED) is 0.593. The van der Waals surface area contributed by atoms with Crippen LogP contribution in [0, 0.1) is 0 Å². The lowest BCUT2D eigenvalue weighted by molar-refractivity contribution is -0.106. The molecule has 0 radical (unpaired) electrons. The summed E-state index contributed by atoms with van der Waals surface area (Å²) in [4.78, 5) is 15.0. The lowest BCUT2D eigenvalue weighted by Gasteiger charge is -2.19. The number of hydrogen-bond donors (Lipinski definition) is 3. The maximum absolute atomic E-state index is 14.5. The molecule has 7 nitrogen and oxygen atoms in total. The van der Waals surface area contributed by atoms with E-state index in [0.717, 1.165) is 6.20 Å². The number of nitrogen functional groups attached to an aromatic ring is 1. The predicted octanol–water partition coefficient (Wildman–Crippen LogP) is -1.71. The van der Waals surface area contributed by atoms with Crippen molar-refractivity contribution in [1.29, 1.82) is 0 Å². The van der Waals surface area contributed by atoms with Crippen LogP contribution >= 0.6 is 0 Å². The molecule has 19 heavy (non-hydrogen) atoms. The minimum Gasteiger partial charge on any atom is -0.394 e. The summed E-state index contributed by atoms with van der Waals surface area (Å²) in [5, 5.41) is 18.6. The number of nitrogens with two attached hydrogens (primary N) is 1. The summed E-state index contributed by atoms with van der Waals surface area (Å²) in [6.45, 7) is -0.696. The van der Waals surface area contributed by atoms with Gasteiger partial charge in [0, 0.05) is 6.20 Å². The average molecular weight is 275 g/mol. The first kappa shape index (κ1) is 12.5. The van der Waals surface area contributed by atoms with Crippen molar-refractivity contribution in [1.82, 2.24) is 9.55 Å². The SMILES string of the molecule is Nc1ccn(C23O[C@H](CO)C(O)C2(F)C3F)c(=O)n1. The minimum atomic E-state index is -2.78. The van der Waals surface area contributed by atoms with Crippen LogP contribution in [0.4, 0.5) is 14.6 Å². The maximum atomic E-state index is 14.5. The van der Waals surface area contributed by atoms with Crippen molar-refractivity contribution >= 4 is 5.82 Å². The Bertz CT molecular complexity index is 596. The Morgan fingerprint density at radius 1 is 1.63 bits per heavy atom. The zero-order valence-electron chi connectivity index (χ0n) is 9.53. The van der Waals surface area contributed by atoms with Gasteiger partial charge in [-0.1, -0.05) is 0 Å². The van der Waals surface area contributed by atoms with E-state index in [0.29, 0.717) is 4.57 Å². The van der Waals surface area contributed by atoms with Crippen molar-refractivity contribution in [3.05, 3.63) is 22.7 Å². The minimum absolute atomic E-state index is 0.101. The van der Waals surface area contributed by atoms with Gasteiger partial charge in [-0.15, -0.1) is 0 Å². The van der Waals surface area contributed by atoms with Crippen LogP contribution < -0.4 is 11.4 Å². The molecular weight excluding hydrogens is 264 g/mol. The molecule has 2 fully saturated rings. The van der Waals surface area contributed by atoms with E-state index >= 15 is 0 Å². The van der Waals surface area contributed by atoms with Crippen LogP contribution in [-0.4, -0.2) is 50.4 Å². The summed E-state index contributed by atoms with van der Waals surface area (Å²) in [5.74, 6) is -0.101. The Kier molecular flexibility index (Phi) is 2.29. The van der Waals surface area contributed by atoms with Gasteiger partial charge in [0.1, 0.15) is 18.0 Å². The fourth-order valence-corrected chi connectivity index (χ4v) is 2.63. The second-order valence-electron chi connectivity index (χ2n) is 4.62. The molecule has 4 N–H and O–H groups in total. The Labute approximate surface area is 105 Å². The number of ether oxygens (including phenoxy) is 1. The van der Waals surface area contributed by atoms with Gasteiger partial charge < -0.3 is 20.7 Å². The molecule has 5 atom stereocenters. The Balaban J connectivity index is 2.12. The van der Waals surface area contributed by atoms with Gasteiger partial charge in [0.2, 0.25) is 11.4 Å². The van der Waals surface area contributed by atoms with Crippen LogP contribution in [0.3, 0.4) is 0 Å². The molecule has 0 amide bonds. The number of hydrogen-bond acceptors (Lipinski definition) is 6. The highest BCUT2D eigenvalue weighted by atomic mass is 19.2. The van der Waals surface area contributed by atoms with Crippen LogP contribution in [0.25, 0.3) is 0 Å². The normalized spacial score (nSPS) is 44.1. The van der Waals surface area contributed by atoms with Gasteiger partial charge in [-0.25, -0.2) is 13.6 Å². The summed E-state index contributed by atoms with van der Waals surface area (Å²) in [5.41, 5.74) is -0.759. The van der Waals surface area contributed by atoms with Gasteiger partial charge >= 0.3 is 5.69 Å². The van der Waals surface area contributed by atoms with E-state index in [-0.39, 0.29) is 5.82 Å². The van der Waals surface area contributed by atoms with Gasteiger partial charge in [0.25, 0.3) is 0 Å². The molecule has 1 aromatic rings. The van der Waals surface area contributed by atoms with E-state index in [1.54, 1.807) is 0 Å². The molecule has 3 rings (SSSR count). The highest BCUT2D eigenvalue weighted by Gasteiger charge is 2.92. The molecule has 0 bridgehead atoms. The standard InChI is InChI=1S/C10H11F2N3O4/c11-7-9(12)6(17)4(3-16)19-10(7,9)15-2-1-5(13)14-8(15)18/h1-2,4,6-7,16-17H,3H2,(H2,13,14,18)/t4-,6?,7?,9?,10?/m1/s1. The van der Waals surface area contributed by atoms with E-state index in [9.17, 15) is 18.7 Å². The van der Waals surface area contributed by atoms with Gasteiger partial charge in [0.05, 0.1) is 6.61 Å². The lowest BCUT2D eigenvalue weighted by atomic mass is 10.1. The topological polar surface area (TPSA) is 111 Å². The zero-order chi connectivity index (χ0) is 14.0. The zero-order valence-corrected chi connectivity index (χ0v) is 9.53. The number of rotatable bonds is 2. The first-order valence-electron chi connectivity index (χ1n) is 5.55. The molecule has 2 heterocycles. The number of halogens is 2. The third-order valence-electron chi connectivity index (χ3n) is 3.65. The molecular formula is C10H11F2N3O4. The second kappa shape index (κ2) is 3.50. The Hall–Kier alpha value is -1.58. The first-order valence-corrected chi connectivity index (χ1v) is 5.55. The predicted molar refractivity (Wildman–Crippen MR) is 57.6 cm³/mol. The van der Waals surface area contributed by atoms with E-state index in [1.807, 2.05) is 0 Å². The summed E-state index contributed by atoms with van der Waals surface area (Å²) < 4.78 is 33.9. The Morgan fingerprint density at radius 3 is 2.89 bits per heavy atom. The maximum Gasteiger partial charge on any atom is 0.352 e. The van der Waals surface area contributed by atoms with Gasteiger partial charge in [0.15, 0.2) is 6.17 Å². The summed E-state index contributed by atoms with van der Waals surface area (Å²) >= 11 is 0. The monoisotopic (exact) mass is 275 g/mol. The van der Waals surface area contributed by atoms with E-state index in [2.05, 4.69) is 4.98 Å². The van der Waals surface area contributed by atoms with Crippen molar-refractivity contribution in [3.8, 4) is 0 Å². The molecule has 1 aliphatic heterocycles. The number of nitrogens with zero attached hydrogens (tertiary/aromatic N) is 2. The molecule has 2 aliphatic rings. The number of aliphatic hydroxyl groups is 2. The number of anilines is 1. The van der Waals surface area contributed by atoms with Gasteiger partial charge in [-0.3, -0.25) is 4.57 Å². The number of alkyl halides is 2. The fourth-order valence-electron chi connectivity index (χ4n) is 2.63. The van der Waals surface area contributed by atoms with E-state index in [4.69, 9.17) is 15.6 Å². The summed E-state index contributed by atoms with van der Waals surface area (Å²) in [6.07, 6.45) is -4.34. The van der Waals surface area contributed by atoms with E-state index in [1.165, 1.54) is 6.07 Å². The molecule has 1 aromatic heterocycles. The van der Waals surface area contributed by atoms with Crippen molar-refractivity contribution in [3.63, 3.8) is 0 Å². The van der Waals surface area contributed by atoms with Crippen LogP contribution in [0.2, 0.25) is 0 Å². The number of fused-ring (bicyclic) bond motifs is 1. The largest absolute Gasteiger partial charge is 0.394 e. The second-order valence-corrected chi connectivity index (χ2v) is 4.62. The lowest BCUT2D eigenvalue weighted by Crippen LogP contribution is -2.38. The Morgan fingerprint density at radius 2 is 2.32 bits per heavy atom. The molecule has 1 saturated carbocycles. The van der Waals surface area contributed by atoms with Crippen LogP contribution in [0.5, 0.6) is 0 Å². The highest BCUT2D eigenvalue weighted by molar-refractivity contribution is 5.34. The third-order valence-corrected chi connectivity index (χ3v) is 3.65. The highest BCUT2D eigenvalue weighted by Crippen LogP contribution is 2.66. The van der Waals surface area contributed by atoms with Crippen LogP contribution in [0.15, 0.2) is 17.1 Å². The van der Waals surface area contributed by atoms with Crippen LogP contribution in [-0.2, 0) is 10.5 Å². The fraction of sp³-hybridized carbons (Fsp3) is 0.600. The first-order chi connectivity index (χ1) is 8.89. The number of aliphatic hydroxyl groups excluding tert-OH is 2. The molecule has 4 unspecified atom stereocenters. The van der Waals surface area contributed by atoms with Gasteiger partial charge in [-0.05, 0) is 6.07 Å². The molecule has 104 valence electrons. The van der Waals surface area contributed by atoms with Crippen LogP contribution in [0.1, 0.15) is 0 Å². The molecule has 1 saturated heterocycles. The van der Waals surface area contributed by atoms with Crippen molar-refractivity contribution < 1.29 is 23.7 Å². The molecule has 1 aliphatic carbocycles. The van der Waals surface area contributed by atoms with Crippen molar-refractivity contribution in [2.75, 3.05) is 12.3 Å².